The highest BCUT2D eigenvalue weighted by molar-refractivity contribution is 5.74. The summed E-state index contributed by atoms with van der Waals surface area (Å²) in [7, 11) is 1.97. The molecule has 3 N–H and O–H groups in total. The number of nitrogens with zero attached hydrogens (tertiary/aromatic N) is 1. The molecule has 18 heavy (non-hydrogen) atoms. The Hall–Kier alpha value is -1.55. The second-order valence-corrected chi connectivity index (χ2v) is 4.85. The summed E-state index contributed by atoms with van der Waals surface area (Å²) in [4.78, 5) is 13.1. The number of hydrogen-bond donors (Lipinski definition) is 2. The van der Waals surface area contributed by atoms with Crippen molar-refractivity contribution < 1.29 is 4.79 Å². The molecular formula is C14H21N3O. The van der Waals surface area contributed by atoms with Crippen LogP contribution in [0.25, 0.3) is 0 Å². The van der Waals surface area contributed by atoms with Gasteiger partial charge in [0.25, 0.3) is 0 Å². The molecule has 0 radical (unpaired) electrons. The van der Waals surface area contributed by atoms with Gasteiger partial charge in [0.1, 0.15) is 0 Å². The van der Waals surface area contributed by atoms with Crippen LogP contribution in [0.4, 0.5) is 5.69 Å². The number of amides is 1. The fraction of sp³-hybridized carbons (Fsp3) is 0.500. The lowest BCUT2D eigenvalue weighted by molar-refractivity contribution is -0.117. The van der Waals surface area contributed by atoms with E-state index < -0.39 is 0 Å². The Kier molecular flexibility index (Phi) is 3.87. The van der Waals surface area contributed by atoms with E-state index in [0.29, 0.717) is 12.5 Å². The van der Waals surface area contributed by atoms with Crippen molar-refractivity contribution in [2.75, 3.05) is 25.0 Å². The van der Waals surface area contributed by atoms with E-state index in [4.69, 9.17) is 5.73 Å². The number of benzene rings is 1. The molecule has 0 fully saturated rings. The van der Waals surface area contributed by atoms with E-state index in [-0.39, 0.29) is 5.91 Å². The standard InChI is InChI=1S/C14H21N3O/c1-10(16-2)11-3-4-13-12(9-11)5-7-17(13)8-6-14(15)18/h3-4,9-10,16H,5-8H2,1-2H3,(H2,15,18). The smallest absolute Gasteiger partial charge is 0.219 e. The van der Waals surface area contributed by atoms with Crippen LogP contribution in [0, 0.1) is 0 Å². The minimum Gasteiger partial charge on any atom is -0.370 e. The van der Waals surface area contributed by atoms with E-state index >= 15 is 0 Å². The molecule has 0 saturated heterocycles. The molecule has 1 heterocycles. The van der Waals surface area contributed by atoms with Crippen molar-refractivity contribution in [2.45, 2.75) is 25.8 Å². The average molecular weight is 247 g/mol. The topological polar surface area (TPSA) is 58.4 Å². The molecule has 4 heteroatoms. The first-order valence-electron chi connectivity index (χ1n) is 6.45. The monoisotopic (exact) mass is 247 g/mol. The molecule has 1 unspecified atom stereocenters. The third kappa shape index (κ3) is 2.64. The summed E-state index contributed by atoms with van der Waals surface area (Å²) in [5.74, 6) is -0.233. The fourth-order valence-electron chi connectivity index (χ4n) is 2.40. The quantitative estimate of drug-likeness (QED) is 0.822. The summed E-state index contributed by atoms with van der Waals surface area (Å²) < 4.78 is 0. The summed E-state index contributed by atoms with van der Waals surface area (Å²) in [5, 5.41) is 3.25. The minimum atomic E-state index is -0.233. The molecule has 4 nitrogen and oxygen atoms in total. The molecule has 1 aromatic rings. The zero-order valence-electron chi connectivity index (χ0n) is 11.1. The number of carbonyl (C=O) groups excluding carboxylic acids is 1. The zero-order valence-corrected chi connectivity index (χ0v) is 11.1. The summed E-state index contributed by atoms with van der Waals surface area (Å²) in [6, 6.07) is 6.95. The lowest BCUT2D eigenvalue weighted by atomic mass is 10.0. The highest BCUT2D eigenvalue weighted by atomic mass is 16.1. The van der Waals surface area contributed by atoms with Crippen molar-refractivity contribution in [3.05, 3.63) is 29.3 Å². The Morgan fingerprint density at radius 2 is 2.33 bits per heavy atom. The normalized spacial score (nSPS) is 15.6. The highest BCUT2D eigenvalue weighted by Gasteiger charge is 2.20. The molecule has 0 bridgehead atoms. The lowest BCUT2D eigenvalue weighted by Crippen LogP contribution is -2.26. The van der Waals surface area contributed by atoms with E-state index in [1.807, 2.05) is 7.05 Å². The van der Waals surface area contributed by atoms with Crippen molar-refractivity contribution >= 4 is 11.6 Å². The number of fused-ring (bicyclic) bond motifs is 1. The van der Waals surface area contributed by atoms with Gasteiger partial charge in [-0.25, -0.2) is 0 Å². The fourth-order valence-corrected chi connectivity index (χ4v) is 2.40. The second-order valence-electron chi connectivity index (χ2n) is 4.85. The van der Waals surface area contributed by atoms with E-state index in [0.717, 1.165) is 19.5 Å². The summed E-state index contributed by atoms with van der Waals surface area (Å²) in [6.07, 6.45) is 1.48. The highest BCUT2D eigenvalue weighted by Crippen LogP contribution is 2.30. The minimum absolute atomic E-state index is 0.233. The van der Waals surface area contributed by atoms with Crippen molar-refractivity contribution in [3.8, 4) is 0 Å². The molecule has 1 aliphatic rings. The lowest BCUT2D eigenvalue weighted by Gasteiger charge is -2.19. The van der Waals surface area contributed by atoms with Crippen molar-refractivity contribution in [2.24, 2.45) is 5.73 Å². The van der Waals surface area contributed by atoms with Crippen molar-refractivity contribution in [1.82, 2.24) is 5.32 Å². The van der Waals surface area contributed by atoms with Gasteiger partial charge < -0.3 is 16.0 Å². The molecule has 1 amide bonds. The Morgan fingerprint density at radius 1 is 1.56 bits per heavy atom. The molecule has 0 spiro atoms. The number of nitrogens with one attached hydrogen (secondary N) is 1. The molecule has 0 saturated carbocycles. The number of rotatable bonds is 5. The Labute approximate surface area is 108 Å². The first-order chi connectivity index (χ1) is 8.61. The maximum Gasteiger partial charge on any atom is 0.219 e. The van der Waals surface area contributed by atoms with Gasteiger partial charge >= 0.3 is 0 Å². The molecule has 1 aromatic carbocycles. The Balaban J connectivity index is 2.12. The molecule has 1 aliphatic heterocycles. The van der Waals surface area contributed by atoms with Crippen LogP contribution in [0.2, 0.25) is 0 Å². The van der Waals surface area contributed by atoms with Gasteiger partial charge in [0.15, 0.2) is 0 Å². The van der Waals surface area contributed by atoms with Gasteiger partial charge in [0.2, 0.25) is 5.91 Å². The van der Waals surface area contributed by atoms with E-state index in [9.17, 15) is 4.79 Å². The van der Waals surface area contributed by atoms with Crippen LogP contribution in [0.3, 0.4) is 0 Å². The first-order valence-corrected chi connectivity index (χ1v) is 6.45. The number of primary amides is 1. The molecular weight excluding hydrogens is 226 g/mol. The van der Waals surface area contributed by atoms with Gasteiger partial charge in [-0.3, -0.25) is 4.79 Å². The summed E-state index contributed by atoms with van der Waals surface area (Å²) in [5.41, 5.74) is 9.14. The maximum atomic E-state index is 10.8. The number of hydrogen-bond acceptors (Lipinski definition) is 3. The van der Waals surface area contributed by atoms with Crippen LogP contribution < -0.4 is 16.0 Å². The zero-order chi connectivity index (χ0) is 13.1. The number of anilines is 1. The van der Waals surface area contributed by atoms with Crippen LogP contribution in [-0.4, -0.2) is 26.0 Å². The molecule has 98 valence electrons. The van der Waals surface area contributed by atoms with E-state index in [2.05, 4.69) is 35.3 Å². The Morgan fingerprint density at radius 3 is 3.00 bits per heavy atom. The Bertz CT molecular complexity index is 445. The summed E-state index contributed by atoms with van der Waals surface area (Å²) in [6.45, 7) is 3.87. The van der Waals surface area contributed by atoms with Crippen LogP contribution in [0.1, 0.15) is 30.5 Å². The average Bonchev–Trinajstić information content (AvgIpc) is 2.77. The van der Waals surface area contributed by atoms with E-state index in [1.165, 1.54) is 16.8 Å². The van der Waals surface area contributed by atoms with Crippen LogP contribution in [-0.2, 0) is 11.2 Å². The predicted molar refractivity (Wildman–Crippen MR) is 73.6 cm³/mol. The SMILES string of the molecule is CNC(C)c1ccc2c(c1)CCN2CCC(N)=O. The number of carbonyl (C=O) groups is 1. The van der Waals surface area contributed by atoms with Gasteiger partial charge in [0, 0.05) is 31.2 Å². The van der Waals surface area contributed by atoms with Gasteiger partial charge in [-0.2, -0.15) is 0 Å². The van der Waals surface area contributed by atoms with Crippen molar-refractivity contribution in [3.63, 3.8) is 0 Å². The van der Waals surface area contributed by atoms with Crippen LogP contribution in [0.5, 0.6) is 0 Å². The van der Waals surface area contributed by atoms with Crippen molar-refractivity contribution in [1.29, 1.82) is 0 Å². The molecule has 0 aromatic heterocycles. The van der Waals surface area contributed by atoms with Gasteiger partial charge in [-0.05, 0) is 37.6 Å². The third-order valence-electron chi connectivity index (χ3n) is 3.66. The van der Waals surface area contributed by atoms with Gasteiger partial charge in [-0.15, -0.1) is 0 Å². The predicted octanol–water partition coefficient (Wildman–Crippen LogP) is 1.20. The van der Waals surface area contributed by atoms with Gasteiger partial charge in [-0.1, -0.05) is 12.1 Å². The summed E-state index contributed by atoms with van der Waals surface area (Å²) >= 11 is 0. The maximum absolute atomic E-state index is 10.8. The largest absolute Gasteiger partial charge is 0.370 e. The molecule has 2 rings (SSSR count). The number of nitrogens with two attached hydrogens (primary N) is 1. The first kappa shape index (κ1) is 12.9. The van der Waals surface area contributed by atoms with E-state index in [1.54, 1.807) is 0 Å². The third-order valence-corrected chi connectivity index (χ3v) is 3.66. The molecule has 1 atom stereocenters. The second kappa shape index (κ2) is 5.40. The van der Waals surface area contributed by atoms with Crippen LogP contribution in [0.15, 0.2) is 18.2 Å². The molecule has 0 aliphatic carbocycles. The van der Waals surface area contributed by atoms with Crippen LogP contribution >= 0.6 is 0 Å². The van der Waals surface area contributed by atoms with Gasteiger partial charge in [0.05, 0.1) is 0 Å².